The maximum atomic E-state index is 12.1. The van der Waals surface area contributed by atoms with Crippen LogP contribution in [0.1, 0.15) is 27.2 Å². The molecule has 0 atom stereocenters. The van der Waals surface area contributed by atoms with Crippen molar-refractivity contribution in [3.8, 4) is 0 Å². The molecule has 4 N–H and O–H groups in total. The Morgan fingerprint density at radius 3 is 2.70 bits per heavy atom. The van der Waals surface area contributed by atoms with Gasteiger partial charge in [-0.1, -0.05) is 6.07 Å². The van der Waals surface area contributed by atoms with Crippen LogP contribution >= 0.6 is 0 Å². The van der Waals surface area contributed by atoms with Crippen LogP contribution < -0.4 is 16.6 Å². The number of aryl methyl sites for hydroxylation is 2. The third-order valence-corrected chi connectivity index (χ3v) is 3.18. The van der Waals surface area contributed by atoms with Crippen molar-refractivity contribution < 1.29 is 4.79 Å². The summed E-state index contributed by atoms with van der Waals surface area (Å²) >= 11 is 0. The van der Waals surface area contributed by atoms with E-state index in [9.17, 15) is 4.79 Å². The number of nitrogen functional groups attached to an aromatic ring is 1. The second-order valence-electron chi connectivity index (χ2n) is 4.62. The highest BCUT2D eigenvalue weighted by Gasteiger charge is 2.08. The summed E-state index contributed by atoms with van der Waals surface area (Å²) in [6, 6.07) is 9.18. The van der Waals surface area contributed by atoms with Gasteiger partial charge in [-0.05, 0) is 49.2 Å². The summed E-state index contributed by atoms with van der Waals surface area (Å²) in [6.45, 7) is 4.29. The van der Waals surface area contributed by atoms with Gasteiger partial charge in [-0.2, -0.15) is 0 Å². The number of nitrogens with one attached hydrogen (secondary N) is 2. The van der Waals surface area contributed by atoms with E-state index in [0.29, 0.717) is 12.1 Å². The first-order valence-electron chi connectivity index (χ1n) is 6.38. The number of anilines is 1. The molecule has 0 bridgehead atoms. The summed E-state index contributed by atoms with van der Waals surface area (Å²) < 4.78 is 0. The number of hydrazine groups is 1. The van der Waals surface area contributed by atoms with Crippen molar-refractivity contribution in [2.75, 3.05) is 5.43 Å². The van der Waals surface area contributed by atoms with E-state index in [2.05, 4.69) is 15.7 Å². The minimum absolute atomic E-state index is 0.123. The first kappa shape index (κ1) is 14.0. The van der Waals surface area contributed by atoms with E-state index in [1.54, 1.807) is 24.4 Å². The summed E-state index contributed by atoms with van der Waals surface area (Å²) in [4.78, 5) is 16.3. The summed E-state index contributed by atoms with van der Waals surface area (Å²) in [5, 5.41) is 2.87. The molecule has 5 heteroatoms. The Hall–Kier alpha value is -2.40. The van der Waals surface area contributed by atoms with E-state index in [-0.39, 0.29) is 5.91 Å². The van der Waals surface area contributed by atoms with Crippen LogP contribution in [0, 0.1) is 13.8 Å². The molecule has 2 aromatic rings. The Morgan fingerprint density at radius 2 is 2.05 bits per heavy atom. The lowest BCUT2D eigenvalue weighted by molar-refractivity contribution is 0.0950. The van der Waals surface area contributed by atoms with Crippen molar-refractivity contribution in [2.45, 2.75) is 20.4 Å². The lowest BCUT2D eigenvalue weighted by Crippen LogP contribution is -2.24. The third kappa shape index (κ3) is 3.13. The van der Waals surface area contributed by atoms with Gasteiger partial charge in [0.2, 0.25) is 0 Å². The van der Waals surface area contributed by atoms with Crippen LogP contribution in [0.25, 0.3) is 0 Å². The van der Waals surface area contributed by atoms with E-state index in [1.807, 2.05) is 26.0 Å². The second kappa shape index (κ2) is 6.16. The Bertz CT molecular complexity index is 625. The fraction of sp³-hybridized carbons (Fsp3) is 0.200. The van der Waals surface area contributed by atoms with Gasteiger partial charge in [-0.3, -0.25) is 15.6 Å². The van der Waals surface area contributed by atoms with Gasteiger partial charge in [0, 0.05) is 11.8 Å². The maximum absolute atomic E-state index is 12.1. The fourth-order valence-corrected chi connectivity index (χ4v) is 1.94. The lowest BCUT2D eigenvalue weighted by atomic mass is 10.1. The van der Waals surface area contributed by atoms with Crippen LogP contribution in [0.4, 0.5) is 5.69 Å². The highest BCUT2D eigenvalue weighted by atomic mass is 16.1. The second-order valence-corrected chi connectivity index (χ2v) is 4.62. The number of nitrogens with zero attached hydrogens (tertiary/aromatic N) is 1. The Morgan fingerprint density at radius 1 is 1.25 bits per heavy atom. The lowest BCUT2D eigenvalue weighted by Gasteiger charge is -2.09. The van der Waals surface area contributed by atoms with Gasteiger partial charge >= 0.3 is 0 Å². The quantitative estimate of drug-likeness (QED) is 0.585. The number of hydrogen-bond donors (Lipinski definition) is 3. The molecule has 0 radical (unpaired) electrons. The standard InChI is InChI=1S/C15H18N4O/c1-10-4-3-7-17-14(10)9-18-15(20)12-5-6-13(19-16)11(2)8-12/h3-8,19H,9,16H2,1-2H3,(H,18,20). The minimum atomic E-state index is -0.123. The van der Waals surface area contributed by atoms with Gasteiger partial charge in [0.05, 0.1) is 17.9 Å². The van der Waals surface area contributed by atoms with Crippen LogP contribution in [0.2, 0.25) is 0 Å². The van der Waals surface area contributed by atoms with Gasteiger partial charge < -0.3 is 10.7 Å². The monoisotopic (exact) mass is 270 g/mol. The summed E-state index contributed by atoms with van der Waals surface area (Å²) in [7, 11) is 0. The van der Waals surface area contributed by atoms with Gasteiger partial charge in [-0.25, -0.2) is 0 Å². The average molecular weight is 270 g/mol. The number of benzene rings is 1. The summed E-state index contributed by atoms with van der Waals surface area (Å²) in [5.41, 5.74) is 6.86. The molecule has 2 rings (SSSR count). The summed E-state index contributed by atoms with van der Waals surface area (Å²) in [5.74, 6) is 5.25. The zero-order valence-corrected chi connectivity index (χ0v) is 11.6. The highest BCUT2D eigenvalue weighted by Crippen LogP contribution is 2.15. The number of pyridine rings is 1. The predicted molar refractivity (Wildman–Crippen MR) is 79.1 cm³/mol. The van der Waals surface area contributed by atoms with Crippen molar-refractivity contribution in [2.24, 2.45) is 5.84 Å². The fourth-order valence-electron chi connectivity index (χ4n) is 1.94. The predicted octanol–water partition coefficient (Wildman–Crippen LogP) is 1.91. The van der Waals surface area contributed by atoms with Crippen molar-refractivity contribution in [1.82, 2.24) is 10.3 Å². The van der Waals surface area contributed by atoms with Crippen LogP contribution in [0.5, 0.6) is 0 Å². The van der Waals surface area contributed by atoms with Crippen LogP contribution in [-0.4, -0.2) is 10.9 Å². The number of carbonyl (C=O) groups excluding carboxylic acids is 1. The van der Waals surface area contributed by atoms with E-state index in [0.717, 1.165) is 22.5 Å². The average Bonchev–Trinajstić information content (AvgIpc) is 2.46. The normalized spacial score (nSPS) is 10.2. The maximum Gasteiger partial charge on any atom is 0.251 e. The molecule has 5 nitrogen and oxygen atoms in total. The number of aromatic nitrogens is 1. The zero-order valence-electron chi connectivity index (χ0n) is 11.6. The molecule has 1 aromatic heterocycles. The molecule has 0 saturated carbocycles. The smallest absolute Gasteiger partial charge is 0.251 e. The summed E-state index contributed by atoms with van der Waals surface area (Å²) in [6.07, 6.45) is 1.72. The van der Waals surface area contributed by atoms with Gasteiger partial charge in [0.25, 0.3) is 5.91 Å². The highest BCUT2D eigenvalue weighted by molar-refractivity contribution is 5.94. The zero-order chi connectivity index (χ0) is 14.5. The molecule has 20 heavy (non-hydrogen) atoms. The molecule has 0 unspecified atom stereocenters. The first-order valence-corrected chi connectivity index (χ1v) is 6.38. The van der Waals surface area contributed by atoms with Crippen LogP contribution in [0.15, 0.2) is 36.5 Å². The number of carbonyl (C=O) groups is 1. The van der Waals surface area contributed by atoms with Gasteiger partial charge in [0.1, 0.15) is 0 Å². The van der Waals surface area contributed by atoms with Crippen molar-refractivity contribution >= 4 is 11.6 Å². The number of amides is 1. The number of nitrogens with two attached hydrogens (primary N) is 1. The van der Waals surface area contributed by atoms with E-state index >= 15 is 0 Å². The molecular formula is C15H18N4O. The van der Waals surface area contributed by atoms with Gasteiger partial charge in [0.15, 0.2) is 0 Å². The van der Waals surface area contributed by atoms with Crippen LogP contribution in [-0.2, 0) is 6.54 Å². The molecule has 104 valence electrons. The molecule has 0 saturated heterocycles. The van der Waals surface area contributed by atoms with Crippen molar-refractivity contribution in [1.29, 1.82) is 0 Å². The van der Waals surface area contributed by atoms with Crippen LogP contribution in [0.3, 0.4) is 0 Å². The molecule has 1 amide bonds. The molecule has 0 aliphatic carbocycles. The molecule has 1 heterocycles. The number of rotatable bonds is 4. The third-order valence-electron chi connectivity index (χ3n) is 3.18. The van der Waals surface area contributed by atoms with Crippen molar-refractivity contribution in [3.05, 3.63) is 58.9 Å². The topological polar surface area (TPSA) is 80.0 Å². The molecule has 0 spiro atoms. The SMILES string of the molecule is Cc1cc(C(=O)NCc2ncccc2C)ccc1NN. The minimum Gasteiger partial charge on any atom is -0.346 e. The molecular weight excluding hydrogens is 252 g/mol. The first-order chi connectivity index (χ1) is 9.61. The molecule has 0 fully saturated rings. The largest absolute Gasteiger partial charge is 0.346 e. The molecule has 1 aromatic carbocycles. The molecule has 0 aliphatic heterocycles. The Balaban J connectivity index is 2.05. The van der Waals surface area contributed by atoms with E-state index < -0.39 is 0 Å². The Kier molecular flexibility index (Phi) is 4.32. The van der Waals surface area contributed by atoms with E-state index in [1.165, 1.54) is 0 Å². The molecule has 0 aliphatic rings. The van der Waals surface area contributed by atoms with Gasteiger partial charge in [-0.15, -0.1) is 0 Å². The van der Waals surface area contributed by atoms with Crippen molar-refractivity contribution in [3.63, 3.8) is 0 Å². The number of hydrogen-bond acceptors (Lipinski definition) is 4. The van der Waals surface area contributed by atoms with E-state index in [4.69, 9.17) is 5.84 Å². The Labute approximate surface area is 118 Å².